The van der Waals surface area contributed by atoms with Gasteiger partial charge in [-0.3, -0.25) is 4.79 Å². The fourth-order valence-electron chi connectivity index (χ4n) is 3.15. The number of rotatable bonds is 8. The fourth-order valence-corrected chi connectivity index (χ4v) is 3.15. The third kappa shape index (κ3) is 4.77. The Morgan fingerprint density at radius 3 is 2.48 bits per heavy atom. The van der Waals surface area contributed by atoms with Crippen molar-refractivity contribution in [3.05, 3.63) is 65.9 Å². The van der Waals surface area contributed by atoms with Crippen molar-refractivity contribution in [2.24, 2.45) is 0 Å². The van der Waals surface area contributed by atoms with Crippen LogP contribution in [0.3, 0.4) is 0 Å². The molecule has 0 radical (unpaired) electrons. The number of hydrogen-bond donors (Lipinski definition) is 0. The first kappa shape index (κ1) is 20.5. The number of aromatic nitrogens is 2. The van der Waals surface area contributed by atoms with Crippen LogP contribution in [0.2, 0.25) is 0 Å². The summed E-state index contributed by atoms with van der Waals surface area (Å²) in [4.78, 5) is 13.9. The number of benzene rings is 2. The van der Waals surface area contributed by atoms with Crippen molar-refractivity contribution in [2.75, 3.05) is 13.7 Å². The minimum absolute atomic E-state index is 0.0334. The van der Waals surface area contributed by atoms with Crippen molar-refractivity contribution >= 4 is 5.91 Å². The maximum absolute atomic E-state index is 12.1. The molecule has 0 fully saturated rings. The zero-order chi connectivity index (χ0) is 20.8. The number of methoxy groups -OCH3 is 1. The zero-order valence-electron chi connectivity index (χ0n) is 17.4. The van der Waals surface area contributed by atoms with Crippen molar-refractivity contribution in [2.45, 2.75) is 33.7 Å². The van der Waals surface area contributed by atoms with E-state index in [-0.39, 0.29) is 5.91 Å². The molecular weight excluding hydrogens is 366 g/mol. The molecule has 1 amide bonds. The van der Waals surface area contributed by atoms with Crippen LogP contribution in [0.5, 0.6) is 17.4 Å². The lowest BCUT2D eigenvalue weighted by molar-refractivity contribution is -0.129. The van der Waals surface area contributed by atoms with E-state index in [1.165, 1.54) is 0 Å². The molecule has 3 rings (SSSR count). The summed E-state index contributed by atoms with van der Waals surface area (Å²) in [5, 5.41) is 4.71. The Labute approximate surface area is 171 Å². The molecule has 0 saturated heterocycles. The molecule has 2 aromatic carbocycles. The molecule has 0 N–H and O–H groups in total. The van der Waals surface area contributed by atoms with Crippen LogP contribution in [0.1, 0.15) is 31.5 Å². The average Bonchev–Trinajstić information content (AvgIpc) is 3.03. The predicted octanol–water partition coefficient (Wildman–Crippen LogP) is 4.74. The number of hydrogen-bond acceptors (Lipinski definition) is 4. The minimum Gasteiger partial charge on any atom is -0.497 e. The SMILES string of the molecule is CCCN(Cc1c(C)nn(-c2ccccc2)c1Oc1cccc(OC)c1)C(C)=O. The number of carbonyl (C=O) groups is 1. The van der Waals surface area contributed by atoms with Gasteiger partial charge in [-0.25, -0.2) is 4.68 Å². The number of aryl methyl sites for hydroxylation is 1. The molecule has 6 heteroatoms. The highest BCUT2D eigenvalue weighted by atomic mass is 16.5. The van der Waals surface area contributed by atoms with Crippen LogP contribution in [-0.2, 0) is 11.3 Å². The summed E-state index contributed by atoms with van der Waals surface area (Å²) >= 11 is 0. The van der Waals surface area contributed by atoms with Gasteiger partial charge in [0.15, 0.2) is 0 Å². The standard InChI is InChI=1S/C23H27N3O3/c1-5-14-25(18(3)27)16-22-17(2)24-26(19-10-7-6-8-11-19)23(22)29-21-13-9-12-20(15-21)28-4/h6-13,15H,5,14,16H2,1-4H3. The van der Waals surface area contributed by atoms with Gasteiger partial charge in [-0.1, -0.05) is 31.2 Å². The molecule has 3 aromatic rings. The van der Waals surface area contributed by atoms with Crippen molar-refractivity contribution in [1.29, 1.82) is 0 Å². The van der Waals surface area contributed by atoms with Crippen molar-refractivity contribution in [3.8, 4) is 23.1 Å². The lowest BCUT2D eigenvalue weighted by atomic mass is 10.2. The van der Waals surface area contributed by atoms with Crippen LogP contribution in [0.4, 0.5) is 0 Å². The predicted molar refractivity (Wildman–Crippen MR) is 113 cm³/mol. The fraction of sp³-hybridized carbons (Fsp3) is 0.304. The molecular formula is C23H27N3O3. The summed E-state index contributed by atoms with van der Waals surface area (Å²) < 4.78 is 13.4. The number of para-hydroxylation sites is 1. The maximum atomic E-state index is 12.1. The van der Waals surface area contributed by atoms with Gasteiger partial charge in [-0.2, -0.15) is 5.10 Å². The third-order valence-electron chi connectivity index (χ3n) is 4.68. The first-order valence-corrected chi connectivity index (χ1v) is 9.74. The summed E-state index contributed by atoms with van der Waals surface area (Å²) in [7, 11) is 1.62. The van der Waals surface area contributed by atoms with Crippen LogP contribution in [0, 0.1) is 6.92 Å². The molecule has 0 aliphatic carbocycles. The van der Waals surface area contributed by atoms with E-state index in [1.807, 2.05) is 66.4 Å². The van der Waals surface area contributed by atoms with E-state index in [0.29, 0.717) is 30.5 Å². The molecule has 1 heterocycles. The van der Waals surface area contributed by atoms with Gasteiger partial charge >= 0.3 is 0 Å². The number of ether oxygens (including phenoxy) is 2. The van der Waals surface area contributed by atoms with Gasteiger partial charge in [0.2, 0.25) is 11.8 Å². The summed E-state index contributed by atoms with van der Waals surface area (Å²) in [6, 6.07) is 17.3. The molecule has 1 aromatic heterocycles. The lowest BCUT2D eigenvalue weighted by Crippen LogP contribution is -2.29. The Hall–Kier alpha value is -3.28. The molecule has 0 atom stereocenters. The Balaban J connectivity index is 2.07. The quantitative estimate of drug-likeness (QED) is 0.555. The van der Waals surface area contributed by atoms with Gasteiger partial charge in [0, 0.05) is 19.5 Å². The van der Waals surface area contributed by atoms with E-state index >= 15 is 0 Å². The minimum atomic E-state index is 0.0334. The van der Waals surface area contributed by atoms with Crippen LogP contribution in [0.25, 0.3) is 5.69 Å². The van der Waals surface area contributed by atoms with Gasteiger partial charge in [0.1, 0.15) is 11.5 Å². The normalized spacial score (nSPS) is 10.6. The Morgan fingerprint density at radius 2 is 1.83 bits per heavy atom. The van der Waals surface area contributed by atoms with Crippen molar-refractivity contribution < 1.29 is 14.3 Å². The number of carbonyl (C=O) groups excluding carboxylic acids is 1. The van der Waals surface area contributed by atoms with E-state index in [4.69, 9.17) is 14.6 Å². The van der Waals surface area contributed by atoms with Crippen molar-refractivity contribution in [3.63, 3.8) is 0 Å². The molecule has 6 nitrogen and oxygen atoms in total. The molecule has 0 saturated carbocycles. The van der Waals surface area contributed by atoms with Gasteiger partial charge in [-0.05, 0) is 37.6 Å². The summed E-state index contributed by atoms with van der Waals surface area (Å²) in [5.74, 6) is 1.99. The van der Waals surface area contributed by atoms with E-state index in [1.54, 1.807) is 18.7 Å². The molecule has 0 bridgehead atoms. The van der Waals surface area contributed by atoms with Crippen LogP contribution < -0.4 is 9.47 Å². The summed E-state index contributed by atoms with van der Waals surface area (Å²) in [6.07, 6.45) is 0.886. The van der Waals surface area contributed by atoms with Gasteiger partial charge in [-0.15, -0.1) is 0 Å². The molecule has 29 heavy (non-hydrogen) atoms. The zero-order valence-corrected chi connectivity index (χ0v) is 17.4. The highest BCUT2D eigenvalue weighted by molar-refractivity contribution is 5.73. The van der Waals surface area contributed by atoms with Crippen LogP contribution >= 0.6 is 0 Å². The second-order valence-electron chi connectivity index (χ2n) is 6.84. The Kier molecular flexibility index (Phi) is 6.54. The third-order valence-corrected chi connectivity index (χ3v) is 4.68. The topological polar surface area (TPSA) is 56.6 Å². The maximum Gasteiger partial charge on any atom is 0.227 e. The van der Waals surface area contributed by atoms with E-state index in [0.717, 1.165) is 23.4 Å². The first-order chi connectivity index (χ1) is 14.0. The summed E-state index contributed by atoms with van der Waals surface area (Å²) in [6.45, 7) is 6.72. The average molecular weight is 393 g/mol. The van der Waals surface area contributed by atoms with E-state index in [2.05, 4.69) is 6.92 Å². The number of nitrogens with zero attached hydrogens (tertiary/aromatic N) is 3. The first-order valence-electron chi connectivity index (χ1n) is 9.74. The van der Waals surface area contributed by atoms with Crippen LogP contribution in [-0.4, -0.2) is 34.2 Å². The van der Waals surface area contributed by atoms with Gasteiger partial charge < -0.3 is 14.4 Å². The van der Waals surface area contributed by atoms with E-state index in [9.17, 15) is 4.79 Å². The van der Waals surface area contributed by atoms with Crippen molar-refractivity contribution in [1.82, 2.24) is 14.7 Å². The molecule has 0 spiro atoms. The monoisotopic (exact) mass is 393 g/mol. The second kappa shape index (κ2) is 9.28. The highest BCUT2D eigenvalue weighted by Crippen LogP contribution is 2.32. The largest absolute Gasteiger partial charge is 0.497 e. The molecule has 0 aliphatic heterocycles. The Morgan fingerprint density at radius 1 is 1.10 bits per heavy atom. The van der Waals surface area contributed by atoms with Crippen LogP contribution in [0.15, 0.2) is 54.6 Å². The lowest BCUT2D eigenvalue weighted by Gasteiger charge is -2.21. The molecule has 0 aliphatic rings. The summed E-state index contributed by atoms with van der Waals surface area (Å²) in [5.41, 5.74) is 2.61. The smallest absolute Gasteiger partial charge is 0.227 e. The highest BCUT2D eigenvalue weighted by Gasteiger charge is 2.22. The molecule has 0 unspecified atom stereocenters. The second-order valence-corrected chi connectivity index (χ2v) is 6.84. The van der Waals surface area contributed by atoms with E-state index < -0.39 is 0 Å². The Bertz CT molecular complexity index is 967. The van der Waals surface area contributed by atoms with Gasteiger partial charge in [0.25, 0.3) is 0 Å². The molecule has 152 valence electrons. The number of amides is 1. The van der Waals surface area contributed by atoms with Gasteiger partial charge in [0.05, 0.1) is 30.6 Å².